The molecule has 0 spiro atoms. The molecule has 1 aliphatic rings. The van der Waals surface area contributed by atoms with Gasteiger partial charge in [-0.25, -0.2) is 4.39 Å². The van der Waals surface area contributed by atoms with Crippen LogP contribution in [0.15, 0.2) is 70.6 Å². The Morgan fingerprint density at radius 3 is 2.60 bits per heavy atom. The summed E-state index contributed by atoms with van der Waals surface area (Å²) in [6, 6.07) is 16.2. The first kappa shape index (κ1) is 32.2. The number of halogens is 1. The molecule has 0 radical (unpaired) electrons. The molecule has 1 fully saturated rings. The number of methoxy groups -OCH3 is 1. The highest BCUT2D eigenvalue weighted by molar-refractivity contribution is 8.00. The normalized spacial score (nSPS) is 15.9. The molecule has 234 valence electrons. The molecule has 11 heteroatoms. The lowest BCUT2D eigenvalue weighted by Gasteiger charge is -2.23. The number of Topliss-reactive ketones (excluding diaryl/α,β-unsaturated/α-hetero) is 1. The highest BCUT2D eigenvalue weighted by Crippen LogP contribution is 2.46. The highest BCUT2D eigenvalue weighted by atomic mass is 32.2. The molecule has 1 amide bonds. The molecular weight excluding hydrogens is 614 g/mol. The van der Waals surface area contributed by atoms with Crippen molar-refractivity contribution in [3.05, 3.63) is 99.9 Å². The van der Waals surface area contributed by atoms with Crippen molar-refractivity contribution in [1.29, 1.82) is 0 Å². The van der Waals surface area contributed by atoms with Crippen molar-refractivity contribution in [2.24, 2.45) is 0 Å². The monoisotopic (exact) mass is 647 g/mol. The number of hydrogen-bond acceptors (Lipinski definition) is 9. The topological polar surface area (TPSA) is 102 Å². The van der Waals surface area contributed by atoms with Gasteiger partial charge in [-0.2, -0.15) is 0 Å². The number of hydrogen-bond donors (Lipinski definition) is 1. The fourth-order valence-electron chi connectivity index (χ4n) is 5.10. The Kier molecular flexibility index (Phi) is 10.2. The Morgan fingerprint density at radius 1 is 1.04 bits per heavy atom. The molecule has 1 N–H and O–H groups in total. The fourth-order valence-corrected chi connectivity index (χ4v) is 6.96. The van der Waals surface area contributed by atoms with Gasteiger partial charge in [-0.3, -0.25) is 14.5 Å². The molecule has 4 aromatic rings. The van der Waals surface area contributed by atoms with E-state index in [1.807, 2.05) is 26.0 Å². The van der Waals surface area contributed by atoms with Crippen LogP contribution in [0.4, 0.5) is 9.52 Å². The van der Waals surface area contributed by atoms with Crippen LogP contribution in [-0.2, 0) is 15.3 Å². The van der Waals surface area contributed by atoms with E-state index in [1.54, 1.807) is 42.5 Å². The van der Waals surface area contributed by atoms with Gasteiger partial charge < -0.3 is 14.6 Å². The molecule has 1 unspecified atom stereocenters. The zero-order chi connectivity index (χ0) is 32.1. The van der Waals surface area contributed by atoms with Gasteiger partial charge in [-0.15, -0.1) is 10.2 Å². The summed E-state index contributed by atoms with van der Waals surface area (Å²) >= 11 is 2.39. The van der Waals surface area contributed by atoms with Crippen LogP contribution in [0.5, 0.6) is 11.5 Å². The van der Waals surface area contributed by atoms with E-state index in [2.05, 4.69) is 17.1 Å². The lowest BCUT2D eigenvalue weighted by atomic mass is 9.93. The van der Waals surface area contributed by atoms with Crippen LogP contribution in [0.25, 0.3) is 5.76 Å². The Balaban J connectivity index is 1.57. The van der Waals surface area contributed by atoms with E-state index in [4.69, 9.17) is 9.47 Å². The molecule has 45 heavy (non-hydrogen) atoms. The lowest BCUT2D eigenvalue weighted by molar-refractivity contribution is -0.132. The Bertz CT molecular complexity index is 1760. The highest BCUT2D eigenvalue weighted by Gasteiger charge is 2.48. The van der Waals surface area contributed by atoms with Crippen molar-refractivity contribution >= 4 is 45.7 Å². The molecule has 1 atom stereocenters. The van der Waals surface area contributed by atoms with Crippen molar-refractivity contribution in [3.63, 3.8) is 0 Å². The SMILES string of the molecule is CCCCCOc1ccc(C2C(=C(O)c3cc(C)ccc3C)C(=O)C(=O)N2c2nnc(SCc3ccccc3F)s2)cc1OC. The van der Waals surface area contributed by atoms with Gasteiger partial charge in [0.05, 0.1) is 25.3 Å². The molecule has 0 bridgehead atoms. The van der Waals surface area contributed by atoms with Gasteiger partial charge in [0, 0.05) is 11.3 Å². The van der Waals surface area contributed by atoms with E-state index >= 15 is 0 Å². The predicted octanol–water partition coefficient (Wildman–Crippen LogP) is 7.79. The summed E-state index contributed by atoms with van der Waals surface area (Å²) in [4.78, 5) is 28.7. The third-order valence-electron chi connectivity index (χ3n) is 7.51. The fraction of sp³-hybridized carbons (Fsp3) is 0.294. The van der Waals surface area contributed by atoms with E-state index < -0.39 is 17.7 Å². The number of thioether (sulfide) groups is 1. The van der Waals surface area contributed by atoms with Gasteiger partial charge in [0.15, 0.2) is 15.8 Å². The lowest BCUT2D eigenvalue weighted by Crippen LogP contribution is -2.29. The molecule has 0 aliphatic carbocycles. The summed E-state index contributed by atoms with van der Waals surface area (Å²) in [5, 5.41) is 20.3. The number of aromatic nitrogens is 2. The van der Waals surface area contributed by atoms with Crippen LogP contribution in [-0.4, -0.2) is 40.7 Å². The predicted molar refractivity (Wildman–Crippen MR) is 175 cm³/mol. The summed E-state index contributed by atoms with van der Waals surface area (Å²) < 4.78 is 26.3. The van der Waals surface area contributed by atoms with Crippen LogP contribution >= 0.6 is 23.1 Å². The van der Waals surface area contributed by atoms with Gasteiger partial charge >= 0.3 is 5.91 Å². The molecule has 2 heterocycles. The molecule has 1 aliphatic heterocycles. The number of ketones is 1. The number of anilines is 1. The van der Waals surface area contributed by atoms with Crippen LogP contribution in [0.1, 0.15) is 60.0 Å². The number of amides is 1. The van der Waals surface area contributed by atoms with E-state index in [0.29, 0.717) is 44.9 Å². The second-order valence-electron chi connectivity index (χ2n) is 10.7. The first-order valence-electron chi connectivity index (χ1n) is 14.6. The maximum atomic E-state index is 14.2. The summed E-state index contributed by atoms with van der Waals surface area (Å²) in [6.07, 6.45) is 2.99. The maximum absolute atomic E-state index is 14.2. The second kappa shape index (κ2) is 14.3. The van der Waals surface area contributed by atoms with Gasteiger partial charge in [-0.05, 0) is 61.2 Å². The number of ether oxygens (including phenoxy) is 2. The summed E-state index contributed by atoms with van der Waals surface area (Å²) in [5.41, 5.74) is 3.06. The summed E-state index contributed by atoms with van der Waals surface area (Å²) in [6.45, 7) is 6.36. The van der Waals surface area contributed by atoms with Crippen molar-refractivity contribution in [2.75, 3.05) is 18.6 Å². The molecule has 5 rings (SSSR count). The Hall–Kier alpha value is -4.22. The summed E-state index contributed by atoms with van der Waals surface area (Å²) in [5.74, 6) is -1.00. The van der Waals surface area contributed by atoms with Gasteiger partial charge in [0.2, 0.25) is 5.13 Å². The van der Waals surface area contributed by atoms with E-state index in [0.717, 1.165) is 41.7 Å². The van der Waals surface area contributed by atoms with Crippen molar-refractivity contribution in [1.82, 2.24) is 10.2 Å². The third-order valence-corrected chi connectivity index (χ3v) is 9.62. The first-order valence-corrected chi connectivity index (χ1v) is 16.4. The number of aliphatic hydroxyl groups excluding tert-OH is 1. The van der Waals surface area contributed by atoms with E-state index in [9.17, 15) is 19.1 Å². The number of rotatable bonds is 12. The first-order chi connectivity index (χ1) is 21.7. The van der Waals surface area contributed by atoms with Crippen molar-refractivity contribution in [2.45, 2.75) is 56.2 Å². The van der Waals surface area contributed by atoms with Gasteiger partial charge in [-0.1, -0.05) is 84.8 Å². The third kappa shape index (κ3) is 6.89. The van der Waals surface area contributed by atoms with E-state index in [1.165, 1.54) is 29.8 Å². The molecule has 8 nitrogen and oxygen atoms in total. The smallest absolute Gasteiger partial charge is 0.301 e. The van der Waals surface area contributed by atoms with Crippen LogP contribution in [0, 0.1) is 19.7 Å². The van der Waals surface area contributed by atoms with Gasteiger partial charge in [0.25, 0.3) is 5.78 Å². The second-order valence-corrected chi connectivity index (χ2v) is 12.9. The Morgan fingerprint density at radius 2 is 1.84 bits per heavy atom. The largest absolute Gasteiger partial charge is 0.507 e. The molecule has 0 saturated carbocycles. The quantitative estimate of drug-likeness (QED) is 0.0415. The minimum atomic E-state index is -1.02. The van der Waals surface area contributed by atoms with E-state index in [-0.39, 0.29) is 22.3 Å². The zero-order valence-corrected chi connectivity index (χ0v) is 27.1. The minimum Gasteiger partial charge on any atom is -0.507 e. The number of benzene rings is 3. The number of aryl methyl sites for hydroxylation is 2. The standard InChI is InChI=1S/C34H34FN3O5S2/c1-5-6-9-16-43-26-15-14-22(18-27(26)42-4)29-28(30(39)24-17-20(2)12-13-21(24)3)31(40)32(41)38(29)33-36-37-34(45-33)44-19-23-10-7-8-11-25(23)35/h7-8,10-15,17-18,29,39H,5-6,9,16,19H2,1-4H3. The number of carbonyl (C=O) groups excluding carboxylic acids is 2. The van der Waals surface area contributed by atoms with Crippen molar-refractivity contribution in [3.8, 4) is 11.5 Å². The number of nitrogens with zero attached hydrogens (tertiary/aromatic N) is 3. The number of unbranched alkanes of at least 4 members (excludes halogenated alkanes) is 2. The van der Waals surface area contributed by atoms with Crippen LogP contribution in [0.3, 0.4) is 0 Å². The Labute approximate surface area is 269 Å². The average molecular weight is 648 g/mol. The number of aliphatic hydroxyl groups is 1. The maximum Gasteiger partial charge on any atom is 0.301 e. The van der Waals surface area contributed by atoms with Crippen LogP contribution < -0.4 is 14.4 Å². The van der Waals surface area contributed by atoms with Gasteiger partial charge in [0.1, 0.15) is 11.6 Å². The van der Waals surface area contributed by atoms with Crippen LogP contribution in [0.2, 0.25) is 0 Å². The molecule has 3 aromatic carbocycles. The van der Waals surface area contributed by atoms with Crippen molar-refractivity contribution < 1.29 is 28.6 Å². The average Bonchev–Trinajstić information content (AvgIpc) is 3.61. The number of carbonyl (C=O) groups is 2. The summed E-state index contributed by atoms with van der Waals surface area (Å²) in [7, 11) is 1.52. The molecule has 1 aromatic heterocycles. The molecular formula is C34H34FN3O5S2. The zero-order valence-electron chi connectivity index (χ0n) is 25.5. The minimum absolute atomic E-state index is 0.0665. The molecule has 1 saturated heterocycles.